The molecule has 33 heavy (non-hydrogen) atoms. The van der Waals surface area contributed by atoms with E-state index in [-0.39, 0.29) is 18.3 Å². The average molecular weight is 507 g/mol. The molecule has 2 aromatic carbocycles. The van der Waals surface area contributed by atoms with E-state index >= 15 is 0 Å². The Morgan fingerprint density at radius 1 is 1.18 bits per heavy atom. The lowest BCUT2D eigenvalue weighted by atomic mass is 10.1. The first-order chi connectivity index (χ1) is 15.5. The fraction of sp³-hybridized carbons (Fsp3) is 0.261. The number of imidazole rings is 1. The number of hydrogen-bond donors (Lipinski definition) is 0. The molecule has 0 spiro atoms. The van der Waals surface area contributed by atoms with Crippen molar-refractivity contribution >= 4 is 56.6 Å². The number of aryl methyl sites for hydroxylation is 2. The monoisotopic (exact) mass is 506 g/mol. The summed E-state index contributed by atoms with van der Waals surface area (Å²) in [5.74, 6) is 0.905. The van der Waals surface area contributed by atoms with E-state index in [1.807, 2.05) is 29.8 Å². The largest absolute Gasteiger partial charge is 0.493 e. The summed E-state index contributed by atoms with van der Waals surface area (Å²) in [5, 5.41) is 1.24. The van der Waals surface area contributed by atoms with Gasteiger partial charge in [0.25, 0.3) is 5.91 Å². The molecule has 0 saturated heterocycles. The Morgan fingerprint density at radius 2 is 1.97 bits per heavy atom. The summed E-state index contributed by atoms with van der Waals surface area (Å²) < 4.78 is 13.6. The second-order valence-electron chi connectivity index (χ2n) is 7.22. The van der Waals surface area contributed by atoms with Gasteiger partial charge in [0, 0.05) is 31.0 Å². The molecule has 0 fully saturated rings. The molecule has 0 radical (unpaired) electrons. The van der Waals surface area contributed by atoms with Gasteiger partial charge < -0.3 is 14.0 Å². The SMILES string of the molecule is COc1ccc(C(=O)N(CCCn2ccnc2)c2nc3c(C)ccc(Cl)c3s2)cc1OC.Cl. The predicted molar refractivity (Wildman–Crippen MR) is 135 cm³/mol. The molecular formula is C23H24Cl2N4O3S. The Labute approximate surface area is 207 Å². The fourth-order valence-corrected chi connectivity index (χ4v) is 4.79. The van der Waals surface area contributed by atoms with Crippen LogP contribution in [0.4, 0.5) is 5.13 Å². The van der Waals surface area contributed by atoms with Crippen molar-refractivity contribution in [1.82, 2.24) is 14.5 Å². The Hall–Kier alpha value is -2.81. The lowest BCUT2D eigenvalue weighted by molar-refractivity contribution is 0.0986. The van der Waals surface area contributed by atoms with Crippen molar-refractivity contribution in [3.05, 3.63) is 65.2 Å². The zero-order valence-electron chi connectivity index (χ0n) is 18.4. The summed E-state index contributed by atoms with van der Waals surface area (Å²) >= 11 is 7.84. The highest BCUT2D eigenvalue weighted by Crippen LogP contribution is 2.36. The van der Waals surface area contributed by atoms with Crippen LogP contribution < -0.4 is 14.4 Å². The number of methoxy groups -OCH3 is 2. The van der Waals surface area contributed by atoms with E-state index in [1.165, 1.54) is 11.3 Å². The van der Waals surface area contributed by atoms with Crippen LogP contribution in [0.3, 0.4) is 0 Å². The quantitative estimate of drug-likeness (QED) is 0.309. The summed E-state index contributed by atoms with van der Waals surface area (Å²) in [5.41, 5.74) is 2.33. The van der Waals surface area contributed by atoms with E-state index in [0.717, 1.165) is 28.7 Å². The maximum absolute atomic E-state index is 13.6. The third-order valence-electron chi connectivity index (χ3n) is 5.15. The minimum atomic E-state index is -0.163. The number of thiazole rings is 1. The topological polar surface area (TPSA) is 69.5 Å². The Bertz CT molecular complexity index is 1210. The van der Waals surface area contributed by atoms with Gasteiger partial charge in [-0.2, -0.15) is 0 Å². The lowest BCUT2D eigenvalue weighted by Gasteiger charge is -2.20. The predicted octanol–water partition coefficient (Wildman–Crippen LogP) is 5.63. The summed E-state index contributed by atoms with van der Waals surface area (Å²) in [7, 11) is 3.11. The number of nitrogens with zero attached hydrogens (tertiary/aromatic N) is 4. The van der Waals surface area contributed by atoms with Crippen LogP contribution in [-0.2, 0) is 6.54 Å². The van der Waals surface area contributed by atoms with E-state index in [1.54, 1.807) is 49.8 Å². The molecule has 2 heterocycles. The number of halogens is 2. The second kappa shape index (κ2) is 10.9. The van der Waals surface area contributed by atoms with Gasteiger partial charge in [0.05, 0.1) is 35.8 Å². The van der Waals surface area contributed by atoms with Gasteiger partial charge in [-0.1, -0.05) is 29.0 Å². The van der Waals surface area contributed by atoms with Gasteiger partial charge in [0.1, 0.15) is 0 Å². The van der Waals surface area contributed by atoms with E-state index in [2.05, 4.69) is 4.98 Å². The zero-order valence-corrected chi connectivity index (χ0v) is 20.8. The van der Waals surface area contributed by atoms with Crippen molar-refractivity contribution in [3.8, 4) is 11.5 Å². The number of carbonyl (C=O) groups excluding carboxylic acids is 1. The first-order valence-electron chi connectivity index (χ1n) is 10.1. The van der Waals surface area contributed by atoms with Gasteiger partial charge in [-0.05, 0) is 43.2 Å². The smallest absolute Gasteiger partial charge is 0.260 e. The summed E-state index contributed by atoms with van der Waals surface area (Å²) in [6.45, 7) is 3.21. The molecule has 174 valence electrons. The minimum absolute atomic E-state index is 0. The van der Waals surface area contributed by atoms with E-state index < -0.39 is 0 Å². The maximum Gasteiger partial charge on any atom is 0.260 e. The molecule has 0 saturated carbocycles. The van der Waals surface area contributed by atoms with Crippen molar-refractivity contribution in [3.63, 3.8) is 0 Å². The number of ether oxygens (including phenoxy) is 2. The number of amides is 1. The molecule has 2 aromatic heterocycles. The molecule has 10 heteroatoms. The zero-order chi connectivity index (χ0) is 22.7. The van der Waals surface area contributed by atoms with Crippen LogP contribution in [0, 0.1) is 6.92 Å². The summed E-state index contributed by atoms with van der Waals surface area (Å²) in [6, 6.07) is 8.96. The molecule has 0 N–H and O–H groups in total. The standard InChI is InChI=1S/C23H23ClN4O3S.ClH/c1-15-5-7-17(24)21-20(15)26-23(32-21)28(11-4-10-27-12-9-25-14-27)22(29)16-6-8-18(30-2)19(13-16)31-3;/h5-9,12-14H,4,10-11H2,1-3H3;1H. The van der Waals surface area contributed by atoms with Crippen molar-refractivity contribution in [1.29, 1.82) is 0 Å². The molecule has 0 unspecified atom stereocenters. The Morgan fingerprint density at radius 3 is 2.64 bits per heavy atom. The number of benzene rings is 2. The highest BCUT2D eigenvalue weighted by Gasteiger charge is 2.23. The van der Waals surface area contributed by atoms with Crippen LogP contribution in [0.2, 0.25) is 5.02 Å². The maximum atomic E-state index is 13.6. The molecule has 0 aliphatic heterocycles. The van der Waals surface area contributed by atoms with Crippen LogP contribution >= 0.6 is 35.3 Å². The molecule has 0 atom stereocenters. The average Bonchev–Trinajstić information content (AvgIpc) is 3.49. The van der Waals surface area contributed by atoms with E-state index in [0.29, 0.717) is 33.8 Å². The van der Waals surface area contributed by atoms with Crippen LogP contribution in [-0.4, -0.2) is 41.2 Å². The number of hydrogen-bond acceptors (Lipinski definition) is 6. The first-order valence-corrected chi connectivity index (χ1v) is 11.3. The molecule has 0 bridgehead atoms. The minimum Gasteiger partial charge on any atom is -0.493 e. The van der Waals surface area contributed by atoms with Crippen molar-refractivity contribution in [2.45, 2.75) is 19.9 Å². The Kier molecular flexibility index (Phi) is 8.18. The number of anilines is 1. The molecule has 0 aliphatic rings. The van der Waals surface area contributed by atoms with Gasteiger partial charge in [-0.3, -0.25) is 9.69 Å². The first kappa shape index (κ1) is 24.8. The van der Waals surface area contributed by atoms with Crippen LogP contribution in [0.1, 0.15) is 22.3 Å². The van der Waals surface area contributed by atoms with Crippen molar-refractivity contribution in [2.24, 2.45) is 0 Å². The molecule has 1 amide bonds. The van der Waals surface area contributed by atoms with E-state index in [4.69, 9.17) is 26.1 Å². The highest BCUT2D eigenvalue weighted by molar-refractivity contribution is 7.23. The lowest BCUT2D eigenvalue weighted by Crippen LogP contribution is -2.32. The summed E-state index contributed by atoms with van der Waals surface area (Å²) in [4.78, 5) is 24.2. The normalized spacial score (nSPS) is 10.7. The van der Waals surface area contributed by atoms with Gasteiger partial charge in [-0.25, -0.2) is 9.97 Å². The van der Waals surface area contributed by atoms with Gasteiger partial charge in [0.2, 0.25) is 0 Å². The second-order valence-corrected chi connectivity index (χ2v) is 8.60. The highest BCUT2D eigenvalue weighted by atomic mass is 35.5. The van der Waals surface area contributed by atoms with Crippen LogP contribution in [0.15, 0.2) is 49.1 Å². The van der Waals surface area contributed by atoms with Gasteiger partial charge in [-0.15, -0.1) is 12.4 Å². The van der Waals surface area contributed by atoms with Gasteiger partial charge >= 0.3 is 0 Å². The Balaban J connectivity index is 0.00000306. The van der Waals surface area contributed by atoms with E-state index in [9.17, 15) is 4.79 Å². The van der Waals surface area contributed by atoms with Crippen molar-refractivity contribution in [2.75, 3.05) is 25.7 Å². The third kappa shape index (κ3) is 5.24. The summed E-state index contributed by atoms with van der Waals surface area (Å²) in [6.07, 6.45) is 6.14. The number of rotatable bonds is 8. The van der Waals surface area contributed by atoms with Crippen LogP contribution in [0.5, 0.6) is 11.5 Å². The number of aromatic nitrogens is 3. The third-order valence-corrected chi connectivity index (χ3v) is 6.69. The van der Waals surface area contributed by atoms with Crippen molar-refractivity contribution < 1.29 is 14.3 Å². The fourth-order valence-electron chi connectivity index (χ4n) is 3.45. The molecule has 4 rings (SSSR count). The van der Waals surface area contributed by atoms with Gasteiger partial charge in [0.15, 0.2) is 16.6 Å². The van der Waals surface area contributed by atoms with Crippen LogP contribution in [0.25, 0.3) is 10.2 Å². The molecular weight excluding hydrogens is 483 g/mol. The number of fused-ring (bicyclic) bond motifs is 1. The number of carbonyl (C=O) groups is 1. The molecule has 4 aromatic rings. The molecule has 0 aliphatic carbocycles. The molecule has 7 nitrogen and oxygen atoms in total.